The minimum Gasteiger partial charge on any atom is -0.464 e. The standard InChI is InChI=1S/C11H5F3N2OS/c12-11(13,14)9-4-6(8-2-1-3-17-8)7(5-15)10(18)16-9/h1-4H,(H,16,18). The molecule has 0 amide bonds. The van der Waals surface area contributed by atoms with Gasteiger partial charge in [-0.15, -0.1) is 0 Å². The first-order chi connectivity index (χ1) is 8.43. The van der Waals surface area contributed by atoms with Crippen LogP contribution in [0, 0.1) is 16.0 Å². The summed E-state index contributed by atoms with van der Waals surface area (Å²) in [6, 6.07) is 5.56. The van der Waals surface area contributed by atoms with E-state index in [0.717, 1.165) is 6.07 Å². The van der Waals surface area contributed by atoms with Gasteiger partial charge in [-0.25, -0.2) is 0 Å². The number of aromatic amines is 1. The largest absolute Gasteiger partial charge is 0.464 e. The maximum Gasteiger partial charge on any atom is 0.431 e. The highest BCUT2D eigenvalue weighted by Crippen LogP contribution is 2.32. The molecule has 0 unspecified atom stereocenters. The lowest BCUT2D eigenvalue weighted by Crippen LogP contribution is -2.09. The Hall–Kier alpha value is -2.07. The molecule has 0 spiro atoms. The summed E-state index contributed by atoms with van der Waals surface area (Å²) in [4.78, 5) is 1.99. The zero-order chi connectivity index (χ0) is 13.3. The molecule has 0 aliphatic heterocycles. The van der Waals surface area contributed by atoms with Gasteiger partial charge in [0, 0.05) is 5.56 Å². The topological polar surface area (TPSA) is 52.7 Å². The Balaban J connectivity index is 2.75. The zero-order valence-electron chi connectivity index (χ0n) is 8.71. The van der Waals surface area contributed by atoms with Gasteiger partial charge in [0.15, 0.2) is 0 Å². The number of alkyl halides is 3. The minimum absolute atomic E-state index is 0.0265. The van der Waals surface area contributed by atoms with Crippen molar-refractivity contribution < 1.29 is 17.6 Å². The van der Waals surface area contributed by atoms with E-state index in [-0.39, 0.29) is 21.5 Å². The average molecular weight is 270 g/mol. The van der Waals surface area contributed by atoms with Crippen LogP contribution in [-0.4, -0.2) is 4.98 Å². The van der Waals surface area contributed by atoms with Crippen LogP contribution in [0.15, 0.2) is 28.9 Å². The third-order valence-corrected chi connectivity index (χ3v) is 2.54. The minimum atomic E-state index is -4.57. The molecule has 0 fully saturated rings. The molecule has 0 aliphatic carbocycles. The van der Waals surface area contributed by atoms with Crippen LogP contribution in [0.2, 0.25) is 0 Å². The molecule has 2 heterocycles. The lowest BCUT2D eigenvalue weighted by molar-refractivity contribution is -0.141. The predicted molar refractivity (Wildman–Crippen MR) is 59.0 cm³/mol. The van der Waals surface area contributed by atoms with E-state index in [1.807, 2.05) is 4.98 Å². The summed E-state index contributed by atoms with van der Waals surface area (Å²) in [7, 11) is 0. The highest BCUT2D eigenvalue weighted by Gasteiger charge is 2.33. The van der Waals surface area contributed by atoms with Gasteiger partial charge in [-0.2, -0.15) is 18.4 Å². The van der Waals surface area contributed by atoms with Crippen molar-refractivity contribution in [3.8, 4) is 17.4 Å². The molecule has 0 bridgehead atoms. The molecular formula is C11H5F3N2OS. The molecule has 0 saturated heterocycles. The highest BCUT2D eigenvalue weighted by atomic mass is 32.1. The van der Waals surface area contributed by atoms with Gasteiger partial charge in [-0.05, 0) is 18.2 Å². The van der Waals surface area contributed by atoms with Gasteiger partial charge in [0.25, 0.3) is 0 Å². The summed E-state index contributed by atoms with van der Waals surface area (Å²) in [6.07, 6.45) is -3.26. The molecule has 0 atom stereocenters. The zero-order valence-corrected chi connectivity index (χ0v) is 9.52. The van der Waals surface area contributed by atoms with Gasteiger partial charge < -0.3 is 9.40 Å². The number of halogens is 3. The molecule has 92 valence electrons. The Bertz CT molecular complexity index is 665. The van der Waals surface area contributed by atoms with Crippen LogP contribution in [0.25, 0.3) is 11.3 Å². The maximum absolute atomic E-state index is 12.6. The van der Waals surface area contributed by atoms with Gasteiger partial charge in [0.05, 0.1) is 11.8 Å². The quantitative estimate of drug-likeness (QED) is 0.800. The second-order valence-corrected chi connectivity index (χ2v) is 3.80. The molecule has 0 aromatic carbocycles. The lowest BCUT2D eigenvalue weighted by Gasteiger charge is -2.09. The third kappa shape index (κ3) is 2.15. The van der Waals surface area contributed by atoms with Crippen LogP contribution in [-0.2, 0) is 6.18 Å². The predicted octanol–water partition coefficient (Wildman–Crippen LogP) is 3.89. The van der Waals surface area contributed by atoms with Gasteiger partial charge in [0.1, 0.15) is 22.2 Å². The van der Waals surface area contributed by atoms with Crippen molar-refractivity contribution in [1.29, 1.82) is 5.26 Å². The van der Waals surface area contributed by atoms with Crippen molar-refractivity contribution in [2.45, 2.75) is 6.18 Å². The van der Waals surface area contributed by atoms with Crippen molar-refractivity contribution in [1.82, 2.24) is 4.98 Å². The summed E-state index contributed by atoms with van der Waals surface area (Å²) in [5.41, 5.74) is -1.04. The summed E-state index contributed by atoms with van der Waals surface area (Å²) >= 11 is 4.75. The van der Waals surface area contributed by atoms with Crippen molar-refractivity contribution in [2.75, 3.05) is 0 Å². The molecule has 0 radical (unpaired) electrons. The number of aromatic nitrogens is 1. The Labute approximate surface area is 104 Å². The number of nitrogens with one attached hydrogen (secondary N) is 1. The molecule has 7 heteroatoms. The van der Waals surface area contributed by atoms with Crippen LogP contribution in [0.4, 0.5) is 13.2 Å². The first-order valence-corrected chi connectivity index (χ1v) is 5.13. The molecule has 0 saturated carbocycles. The number of furan rings is 1. The van der Waals surface area contributed by atoms with E-state index in [4.69, 9.17) is 21.9 Å². The van der Waals surface area contributed by atoms with Gasteiger partial charge in [-0.1, -0.05) is 12.2 Å². The SMILES string of the molecule is N#Cc1c(-c2ccco2)cc(C(F)(F)F)[nH]c1=S. The highest BCUT2D eigenvalue weighted by molar-refractivity contribution is 7.71. The number of hydrogen-bond donors (Lipinski definition) is 1. The number of H-pyrrole nitrogens is 1. The Morgan fingerprint density at radius 1 is 1.39 bits per heavy atom. The van der Waals surface area contributed by atoms with E-state index in [0.29, 0.717) is 0 Å². The van der Waals surface area contributed by atoms with Crippen LogP contribution in [0.1, 0.15) is 11.3 Å². The normalized spacial score (nSPS) is 11.2. The van der Waals surface area contributed by atoms with E-state index in [9.17, 15) is 13.2 Å². The number of nitriles is 1. The molecule has 0 aliphatic rings. The molecule has 3 nitrogen and oxygen atoms in total. The van der Waals surface area contributed by atoms with E-state index in [1.54, 1.807) is 6.07 Å². The Kier molecular flexibility index (Phi) is 2.97. The van der Waals surface area contributed by atoms with E-state index in [2.05, 4.69) is 0 Å². The second-order valence-electron chi connectivity index (χ2n) is 3.39. The third-order valence-electron chi connectivity index (χ3n) is 2.24. The van der Waals surface area contributed by atoms with Crippen LogP contribution < -0.4 is 0 Å². The number of nitrogens with zero attached hydrogens (tertiary/aromatic N) is 1. The molecule has 2 aromatic heterocycles. The van der Waals surface area contributed by atoms with Crippen LogP contribution in [0.3, 0.4) is 0 Å². The van der Waals surface area contributed by atoms with Crippen molar-refractivity contribution in [2.24, 2.45) is 0 Å². The Morgan fingerprint density at radius 3 is 2.61 bits per heavy atom. The first kappa shape index (κ1) is 12.4. The number of hydrogen-bond acceptors (Lipinski definition) is 3. The fraction of sp³-hybridized carbons (Fsp3) is 0.0909. The lowest BCUT2D eigenvalue weighted by atomic mass is 10.1. The summed E-state index contributed by atoms with van der Waals surface area (Å²) in [6.45, 7) is 0. The monoisotopic (exact) mass is 270 g/mol. The summed E-state index contributed by atoms with van der Waals surface area (Å²) < 4.78 is 42.6. The van der Waals surface area contributed by atoms with Crippen molar-refractivity contribution in [3.05, 3.63) is 40.4 Å². The number of pyridine rings is 1. The first-order valence-electron chi connectivity index (χ1n) is 4.72. The smallest absolute Gasteiger partial charge is 0.431 e. The number of rotatable bonds is 1. The molecule has 18 heavy (non-hydrogen) atoms. The van der Waals surface area contributed by atoms with Crippen molar-refractivity contribution >= 4 is 12.2 Å². The second kappa shape index (κ2) is 4.31. The van der Waals surface area contributed by atoms with Crippen LogP contribution in [0.5, 0.6) is 0 Å². The van der Waals surface area contributed by atoms with E-state index >= 15 is 0 Å². The van der Waals surface area contributed by atoms with E-state index in [1.165, 1.54) is 18.4 Å². The average Bonchev–Trinajstić information content (AvgIpc) is 2.79. The fourth-order valence-corrected chi connectivity index (χ4v) is 1.72. The summed E-state index contributed by atoms with van der Waals surface area (Å²) in [5.74, 6) is 0.164. The van der Waals surface area contributed by atoms with Crippen molar-refractivity contribution in [3.63, 3.8) is 0 Å². The van der Waals surface area contributed by atoms with E-state index < -0.39 is 11.9 Å². The Morgan fingerprint density at radius 2 is 2.11 bits per heavy atom. The summed E-state index contributed by atoms with van der Waals surface area (Å²) in [5, 5.41) is 8.93. The molecular weight excluding hydrogens is 265 g/mol. The fourth-order valence-electron chi connectivity index (χ4n) is 1.45. The van der Waals surface area contributed by atoms with Gasteiger partial charge >= 0.3 is 6.18 Å². The van der Waals surface area contributed by atoms with Gasteiger partial charge in [-0.3, -0.25) is 0 Å². The maximum atomic E-state index is 12.6. The van der Waals surface area contributed by atoms with Gasteiger partial charge in [0.2, 0.25) is 0 Å². The molecule has 1 N–H and O–H groups in total. The molecule has 2 aromatic rings. The molecule has 2 rings (SSSR count). The van der Waals surface area contributed by atoms with Crippen LogP contribution >= 0.6 is 12.2 Å².